The Morgan fingerprint density at radius 2 is 0.788 bits per heavy atom. The number of hydrogen-bond donors (Lipinski definition) is 2. The van der Waals surface area contributed by atoms with Crippen LogP contribution in [0.4, 0.5) is 0 Å². The van der Waals surface area contributed by atoms with E-state index in [1.54, 1.807) is 47.0 Å². The molecule has 0 aromatic rings. The molecule has 0 saturated heterocycles. The SMILES string of the molecule is OCC1=C(CO)SC(=C2SC3=C(SCCOCCOCCOCCOCCOCCS3)S2)S1. The van der Waals surface area contributed by atoms with Crippen molar-refractivity contribution in [1.29, 1.82) is 0 Å². The molecule has 188 valence electrons. The predicted molar refractivity (Wildman–Crippen MR) is 145 cm³/mol. The normalized spacial score (nSPS) is 24.2. The number of hydrogen-bond acceptors (Lipinski definition) is 13. The van der Waals surface area contributed by atoms with Gasteiger partial charge < -0.3 is 33.9 Å². The first-order valence-corrected chi connectivity index (χ1v) is 15.8. The summed E-state index contributed by atoms with van der Waals surface area (Å²) in [6, 6.07) is 0. The molecule has 0 amide bonds. The Kier molecular flexibility index (Phi) is 15.2. The minimum absolute atomic E-state index is 0.0363. The van der Waals surface area contributed by atoms with Crippen LogP contribution in [0, 0.1) is 0 Å². The highest BCUT2D eigenvalue weighted by atomic mass is 32.3. The van der Waals surface area contributed by atoms with Gasteiger partial charge in [-0.05, 0) is 0 Å². The molecule has 0 aliphatic carbocycles. The van der Waals surface area contributed by atoms with E-state index in [-0.39, 0.29) is 13.2 Å². The highest BCUT2D eigenvalue weighted by molar-refractivity contribution is 8.42. The molecule has 0 bridgehead atoms. The van der Waals surface area contributed by atoms with Crippen LogP contribution >= 0.6 is 70.6 Å². The number of thioether (sulfide) groups is 6. The van der Waals surface area contributed by atoms with Crippen LogP contribution in [0.15, 0.2) is 26.8 Å². The smallest absolute Gasteiger partial charge is 0.0753 e. The highest BCUT2D eigenvalue weighted by Gasteiger charge is 2.29. The van der Waals surface area contributed by atoms with Crippen molar-refractivity contribution in [2.75, 3.05) is 90.8 Å². The molecule has 0 radical (unpaired) electrons. The van der Waals surface area contributed by atoms with Gasteiger partial charge in [0.1, 0.15) is 0 Å². The minimum atomic E-state index is -0.0363. The Bertz CT molecular complexity index is 648. The maximum Gasteiger partial charge on any atom is 0.0753 e. The van der Waals surface area contributed by atoms with E-state index >= 15 is 0 Å². The zero-order valence-electron chi connectivity index (χ0n) is 18.3. The Labute approximate surface area is 220 Å². The second-order valence-electron chi connectivity index (χ2n) is 6.48. The lowest BCUT2D eigenvalue weighted by Gasteiger charge is -2.07. The lowest BCUT2D eigenvalue weighted by atomic mass is 10.5. The van der Waals surface area contributed by atoms with Gasteiger partial charge in [0.2, 0.25) is 0 Å². The Hall–Kier alpha value is 1.04. The van der Waals surface area contributed by atoms with E-state index in [0.29, 0.717) is 66.1 Å². The molecule has 3 rings (SSSR count). The van der Waals surface area contributed by atoms with Crippen LogP contribution in [0.3, 0.4) is 0 Å². The average molecular weight is 575 g/mol. The number of rotatable bonds is 2. The van der Waals surface area contributed by atoms with Gasteiger partial charge >= 0.3 is 0 Å². The molecule has 3 heterocycles. The molecule has 0 saturated carbocycles. The summed E-state index contributed by atoms with van der Waals surface area (Å²) in [5, 5.41) is 19.2. The largest absolute Gasteiger partial charge is 0.391 e. The van der Waals surface area contributed by atoms with Crippen molar-refractivity contribution in [3.05, 3.63) is 26.8 Å². The van der Waals surface area contributed by atoms with Gasteiger partial charge in [-0.15, -0.1) is 23.5 Å². The van der Waals surface area contributed by atoms with E-state index in [2.05, 4.69) is 0 Å². The van der Waals surface area contributed by atoms with E-state index in [9.17, 15) is 10.2 Å². The molecule has 0 spiro atoms. The predicted octanol–water partition coefficient (Wildman–Crippen LogP) is 3.96. The monoisotopic (exact) mass is 574 g/mol. The van der Waals surface area contributed by atoms with E-state index in [1.807, 2.05) is 23.5 Å². The minimum Gasteiger partial charge on any atom is -0.391 e. The molecule has 0 aromatic carbocycles. The van der Waals surface area contributed by atoms with Crippen molar-refractivity contribution < 1.29 is 33.9 Å². The van der Waals surface area contributed by atoms with Crippen molar-refractivity contribution in [3.8, 4) is 0 Å². The van der Waals surface area contributed by atoms with Crippen LogP contribution in [0.1, 0.15) is 0 Å². The molecule has 33 heavy (non-hydrogen) atoms. The maximum absolute atomic E-state index is 9.58. The fourth-order valence-electron chi connectivity index (χ4n) is 2.58. The van der Waals surface area contributed by atoms with Gasteiger partial charge in [-0.2, -0.15) is 0 Å². The third kappa shape index (κ3) is 10.5. The Morgan fingerprint density at radius 3 is 1.15 bits per heavy atom. The summed E-state index contributed by atoms with van der Waals surface area (Å²) < 4.78 is 32.8. The van der Waals surface area contributed by atoms with Crippen LogP contribution in [-0.4, -0.2) is 101 Å². The first kappa shape index (κ1) is 28.6. The second kappa shape index (κ2) is 17.5. The Balaban J connectivity index is 1.53. The van der Waals surface area contributed by atoms with Gasteiger partial charge in [0.15, 0.2) is 0 Å². The lowest BCUT2D eigenvalue weighted by molar-refractivity contribution is -0.00902. The van der Waals surface area contributed by atoms with Gasteiger partial charge in [0, 0.05) is 21.3 Å². The Morgan fingerprint density at radius 1 is 0.455 bits per heavy atom. The van der Waals surface area contributed by atoms with Crippen LogP contribution < -0.4 is 0 Å². The van der Waals surface area contributed by atoms with Crippen molar-refractivity contribution in [2.24, 2.45) is 0 Å². The van der Waals surface area contributed by atoms with Crippen LogP contribution in [0.5, 0.6) is 0 Å². The fourth-order valence-corrected chi connectivity index (χ4v) is 11.0. The summed E-state index contributed by atoms with van der Waals surface area (Å²) in [6.45, 7) is 5.76. The van der Waals surface area contributed by atoms with E-state index in [1.165, 1.54) is 12.7 Å². The zero-order chi connectivity index (χ0) is 23.1. The first-order chi connectivity index (χ1) is 16.3. The van der Waals surface area contributed by atoms with Gasteiger partial charge in [0.25, 0.3) is 0 Å². The first-order valence-electron chi connectivity index (χ1n) is 10.6. The molecule has 3 aliphatic rings. The number of aliphatic hydroxyl groups is 2. The van der Waals surface area contributed by atoms with Crippen LogP contribution in [0.25, 0.3) is 0 Å². The van der Waals surface area contributed by atoms with Gasteiger partial charge in [0.05, 0.1) is 96.2 Å². The summed E-state index contributed by atoms with van der Waals surface area (Å²) in [4.78, 5) is 1.69. The molecular formula is C20H30O7S6. The highest BCUT2D eigenvalue weighted by Crippen LogP contribution is 2.63. The van der Waals surface area contributed by atoms with Gasteiger partial charge in [-0.3, -0.25) is 0 Å². The topological polar surface area (TPSA) is 86.6 Å². The molecule has 2 N–H and O–H groups in total. The van der Waals surface area contributed by atoms with Crippen molar-refractivity contribution in [1.82, 2.24) is 0 Å². The molecular weight excluding hydrogens is 545 g/mol. The molecule has 0 aromatic heterocycles. The maximum atomic E-state index is 9.58. The van der Waals surface area contributed by atoms with Crippen LogP contribution in [0.2, 0.25) is 0 Å². The summed E-state index contributed by atoms with van der Waals surface area (Å²) in [6.07, 6.45) is 0. The fraction of sp³-hybridized carbons (Fsp3) is 0.700. The average Bonchev–Trinajstić information content (AvgIpc) is 3.43. The number of aliphatic hydroxyl groups excluding tert-OH is 2. The van der Waals surface area contributed by atoms with E-state index < -0.39 is 0 Å². The molecule has 3 aliphatic heterocycles. The lowest BCUT2D eigenvalue weighted by Crippen LogP contribution is -2.13. The third-order valence-electron chi connectivity index (χ3n) is 4.14. The summed E-state index contributed by atoms with van der Waals surface area (Å²) in [7, 11) is 0. The molecule has 0 fully saturated rings. The van der Waals surface area contributed by atoms with Crippen molar-refractivity contribution in [3.63, 3.8) is 0 Å². The molecule has 7 nitrogen and oxygen atoms in total. The molecule has 0 unspecified atom stereocenters. The van der Waals surface area contributed by atoms with E-state index in [0.717, 1.165) is 25.6 Å². The van der Waals surface area contributed by atoms with Crippen LogP contribution in [-0.2, 0) is 23.7 Å². The standard InChI is InChI=1S/C20H30O7S6/c21-13-15-16(14-22)31-19(30-15)20-32-17-18(33-20)29-12-10-27-8-6-25-4-2-23-1-3-24-5-7-26-9-11-28-17/h21-22H,1-14H2. The quantitative estimate of drug-likeness (QED) is 0.499. The van der Waals surface area contributed by atoms with Crippen molar-refractivity contribution in [2.45, 2.75) is 0 Å². The van der Waals surface area contributed by atoms with Crippen molar-refractivity contribution >= 4 is 70.6 Å². The summed E-state index contributed by atoms with van der Waals surface area (Å²) >= 11 is 10.3. The second-order valence-corrected chi connectivity index (χ2v) is 14.0. The third-order valence-corrected chi connectivity index (χ3v) is 12.8. The summed E-state index contributed by atoms with van der Waals surface area (Å²) in [5.41, 5.74) is 0. The molecule has 0 atom stereocenters. The summed E-state index contributed by atoms with van der Waals surface area (Å²) in [5.74, 6) is 1.74. The van der Waals surface area contributed by atoms with Gasteiger partial charge in [-0.25, -0.2) is 0 Å². The zero-order valence-corrected chi connectivity index (χ0v) is 23.2. The number of ether oxygens (including phenoxy) is 5. The molecule has 13 heteroatoms. The van der Waals surface area contributed by atoms with E-state index in [4.69, 9.17) is 23.7 Å². The van der Waals surface area contributed by atoms with Gasteiger partial charge in [-0.1, -0.05) is 47.0 Å².